The summed E-state index contributed by atoms with van der Waals surface area (Å²) < 4.78 is 52.6. The van der Waals surface area contributed by atoms with E-state index in [0.717, 1.165) is 42.5 Å². The van der Waals surface area contributed by atoms with E-state index in [1.54, 1.807) is 0 Å². The molecule has 0 aromatic heterocycles. The fourth-order valence-corrected chi connectivity index (χ4v) is 8.37. The van der Waals surface area contributed by atoms with E-state index in [4.69, 9.17) is 42.6 Å². The van der Waals surface area contributed by atoms with Crippen molar-refractivity contribution < 1.29 is 129 Å². The Balaban J connectivity index is 1.11. The Bertz CT molecular complexity index is 2820. The van der Waals surface area contributed by atoms with Gasteiger partial charge in [-0.25, -0.2) is 9.59 Å². The lowest BCUT2D eigenvalue weighted by Gasteiger charge is -2.46. The van der Waals surface area contributed by atoms with Gasteiger partial charge in [-0.1, -0.05) is 24.3 Å². The molecule has 4 aliphatic rings. The van der Waals surface area contributed by atoms with Crippen molar-refractivity contribution in [1.29, 1.82) is 0 Å². The van der Waals surface area contributed by atoms with Gasteiger partial charge in [0, 0.05) is 29.8 Å². The van der Waals surface area contributed by atoms with Crippen LogP contribution in [0.25, 0.3) is 18.2 Å². The van der Waals surface area contributed by atoms with Crippen LogP contribution in [0, 0.1) is 0 Å². The van der Waals surface area contributed by atoms with Gasteiger partial charge in [-0.3, -0.25) is 0 Å². The number of fused-ring (bicyclic) bond motifs is 1. The summed E-state index contributed by atoms with van der Waals surface area (Å²) in [5.41, 5.74) is 0.691. The number of carbonyl (C=O) groups excluding carboxylic acids is 2. The number of ether oxygens (including phenoxy) is 9. The van der Waals surface area contributed by atoms with Gasteiger partial charge in [-0.05, 0) is 65.8 Å². The van der Waals surface area contributed by atoms with Gasteiger partial charge in [0.1, 0.15) is 109 Å². The van der Waals surface area contributed by atoms with E-state index in [0.29, 0.717) is 5.56 Å². The summed E-state index contributed by atoms with van der Waals surface area (Å²) in [6.07, 6.45) is -24.4. The van der Waals surface area contributed by atoms with Gasteiger partial charge in [-0.15, -0.1) is 0 Å². The summed E-state index contributed by atoms with van der Waals surface area (Å²) >= 11 is 0. The summed E-state index contributed by atoms with van der Waals surface area (Å²) in [5, 5.41) is 159. The summed E-state index contributed by atoms with van der Waals surface area (Å²) in [6, 6.07) is 15.0. The molecule has 26 nitrogen and oxygen atoms in total. The van der Waals surface area contributed by atoms with Gasteiger partial charge in [0.05, 0.1) is 12.2 Å². The lowest BCUT2D eigenvalue weighted by atomic mass is 9.97. The average molecular weight is 1080 g/mol. The number of phenolic OH excluding ortho intramolecular Hbond substituents is 6. The first-order valence-electron chi connectivity index (χ1n) is 23.5. The number of aromatic hydroxyl groups is 6. The van der Waals surface area contributed by atoms with Crippen LogP contribution in [0.4, 0.5) is 0 Å². The Hall–Kier alpha value is -7.28. The molecule has 0 amide bonds. The highest BCUT2D eigenvalue weighted by Gasteiger charge is 2.53. The second-order valence-electron chi connectivity index (χ2n) is 18.0. The van der Waals surface area contributed by atoms with Gasteiger partial charge < -0.3 is 119 Å². The van der Waals surface area contributed by atoms with E-state index < -0.39 is 159 Å². The minimum atomic E-state index is -2.16. The highest BCUT2D eigenvalue weighted by Crippen LogP contribution is 2.47. The molecule has 4 aromatic rings. The van der Waals surface area contributed by atoms with Crippen molar-refractivity contribution in [1.82, 2.24) is 0 Å². The summed E-state index contributed by atoms with van der Waals surface area (Å²) in [7, 11) is 0. The van der Waals surface area contributed by atoms with Gasteiger partial charge >= 0.3 is 11.9 Å². The van der Waals surface area contributed by atoms with Crippen molar-refractivity contribution >= 4 is 30.2 Å². The second-order valence-corrected chi connectivity index (χ2v) is 18.0. The van der Waals surface area contributed by atoms with Crippen molar-refractivity contribution in [2.75, 3.05) is 19.8 Å². The molecule has 0 radical (unpaired) electrons. The van der Waals surface area contributed by atoms with Gasteiger partial charge in [0.15, 0.2) is 41.5 Å². The SMILES string of the molecule is O=C(/C=C/c1ccc(O)c(O)c1)OC[C@@H]1O[C@@H](OC2=Cc3c(cc(O)cc3O[C@@H]3O[C@@H](CO)[C@@H](O)[C@H](O)[C@H]3O)OC2c2ccc(O)c(O)c2)[C@@H](O[C@@H]2O[C@H](COC(=O)/C=C/c3ccc(O)cc3)[C@@H](O)[C@H](O)[C@H]2O)[C@@H](O)[C@@H]1O. The number of aliphatic hydroxyl groups is 9. The first-order chi connectivity index (χ1) is 36.7. The number of carbonyl (C=O) groups is 2. The lowest BCUT2D eigenvalue weighted by Crippen LogP contribution is -2.64. The van der Waals surface area contributed by atoms with Gasteiger partial charge in [0.25, 0.3) is 0 Å². The van der Waals surface area contributed by atoms with Crippen LogP contribution in [-0.4, -0.2) is 200 Å². The van der Waals surface area contributed by atoms with Crippen LogP contribution in [0.3, 0.4) is 0 Å². The minimum absolute atomic E-state index is 0.0183. The maximum Gasteiger partial charge on any atom is 0.330 e. The molecule has 0 spiro atoms. The second kappa shape index (κ2) is 23.9. The van der Waals surface area contributed by atoms with Gasteiger partial charge in [-0.2, -0.15) is 0 Å². The van der Waals surface area contributed by atoms with Gasteiger partial charge in [0.2, 0.25) is 12.6 Å². The maximum atomic E-state index is 12.9. The van der Waals surface area contributed by atoms with Crippen molar-refractivity contribution in [2.45, 2.75) is 98.2 Å². The standard InChI is InChI=1S/C51H54O26/c52-18-34-39(61)42(64)45(67)49(74-34)72-32-16-25(54)15-31-26(32)17-33(47(71-31)23-6-10-28(56)30(58)14-23)73-51-48(44(66)41(63)36(76-51)20-70-38(60)12-5-22-3-9-27(55)29(57)13-22)77-50-46(68)43(65)40(62)35(75-50)19-69-37(59)11-4-21-1-7-24(53)8-2-21/h1-17,34-36,39-58,61-68H,18-20H2/b11-4+,12-5+/t34-,35+,36-,39+,40+,41+,42-,43-,44-,45+,46+,47?,48-,49+,50-,51+/m0/s1. The van der Waals surface area contributed by atoms with E-state index in [1.165, 1.54) is 60.7 Å². The number of hydrogen-bond acceptors (Lipinski definition) is 26. The third-order valence-corrected chi connectivity index (χ3v) is 12.6. The molecule has 0 bridgehead atoms. The van der Waals surface area contributed by atoms with E-state index in [9.17, 15) is 86.2 Å². The molecule has 16 atom stereocenters. The summed E-state index contributed by atoms with van der Waals surface area (Å²) in [4.78, 5) is 25.6. The molecular formula is C51H54O26. The predicted octanol–water partition coefficient (Wildman–Crippen LogP) is -1.26. The molecule has 26 heteroatoms. The first kappa shape index (κ1) is 55.9. The molecule has 4 aromatic carbocycles. The van der Waals surface area contributed by atoms with Crippen LogP contribution in [0.15, 0.2) is 90.7 Å². The topological polar surface area (TPSA) is 421 Å². The highest BCUT2D eigenvalue weighted by molar-refractivity contribution is 5.87. The molecule has 0 saturated carbocycles. The molecule has 4 heterocycles. The molecule has 1 unspecified atom stereocenters. The maximum absolute atomic E-state index is 12.9. The molecule has 4 aliphatic heterocycles. The quantitative estimate of drug-likeness (QED) is 0.0354. The van der Waals surface area contributed by atoms with Crippen molar-refractivity contribution in [3.8, 4) is 46.0 Å². The van der Waals surface area contributed by atoms with Crippen molar-refractivity contribution in [3.05, 3.63) is 113 Å². The van der Waals surface area contributed by atoms with Crippen LogP contribution in [0.2, 0.25) is 0 Å². The minimum Gasteiger partial charge on any atom is -0.508 e. The Labute approximate surface area is 435 Å². The van der Waals surface area contributed by atoms with Crippen molar-refractivity contribution in [2.24, 2.45) is 0 Å². The van der Waals surface area contributed by atoms with Crippen LogP contribution in [-0.2, 0) is 42.7 Å². The molecule has 77 heavy (non-hydrogen) atoms. The lowest BCUT2D eigenvalue weighted by molar-refractivity contribution is -0.364. The largest absolute Gasteiger partial charge is 0.508 e. The van der Waals surface area contributed by atoms with E-state index >= 15 is 0 Å². The molecule has 8 rings (SSSR count). The number of rotatable bonds is 16. The Morgan fingerprint density at radius 3 is 1.69 bits per heavy atom. The van der Waals surface area contributed by atoms with Crippen LogP contribution < -0.4 is 9.47 Å². The summed E-state index contributed by atoms with van der Waals surface area (Å²) in [6.45, 7) is -2.39. The number of phenols is 6. The van der Waals surface area contributed by atoms with E-state index in [-0.39, 0.29) is 39.7 Å². The zero-order valence-corrected chi connectivity index (χ0v) is 39.9. The molecule has 15 N–H and O–H groups in total. The number of aliphatic hydroxyl groups excluding tert-OH is 9. The average Bonchev–Trinajstić information content (AvgIpc) is 3.41. The van der Waals surface area contributed by atoms with E-state index in [1.807, 2.05) is 0 Å². The normalized spacial score (nSPS) is 31.2. The number of benzene rings is 4. The van der Waals surface area contributed by atoms with Crippen LogP contribution in [0.1, 0.15) is 28.4 Å². The highest BCUT2D eigenvalue weighted by atomic mass is 16.8. The smallest absolute Gasteiger partial charge is 0.330 e. The molecular weight excluding hydrogens is 1030 g/mol. The fourth-order valence-electron chi connectivity index (χ4n) is 8.37. The summed E-state index contributed by atoms with van der Waals surface area (Å²) in [5.74, 6) is -5.50. The molecule has 0 aliphatic carbocycles. The zero-order chi connectivity index (χ0) is 55.4. The fraction of sp³-hybridized carbons (Fsp3) is 0.373. The van der Waals surface area contributed by atoms with E-state index in [2.05, 4.69) is 0 Å². The van der Waals surface area contributed by atoms with Crippen molar-refractivity contribution in [3.63, 3.8) is 0 Å². The number of hydrogen-bond donors (Lipinski definition) is 15. The predicted molar refractivity (Wildman–Crippen MR) is 255 cm³/mol. The number of esters is 2. The zero-order valence-electron chi connectivity index (χ0n) is 39.9. The molecule has 3 fully saturated rings. The van der Waals surface area contributed by atoms with Crippen LogP contribution in [0.5, 0.6) is 46.0 Å². The molecule has 3 saturated heterocycles. The first-order valence-corrected chi connectivity index (χ1v) is 23.5. The Kier molecular flexibility index (Phi) is 17.4. The Morgan fingerprint density at radius 1 is 0.519 bits per heavy atom. The monoisotopic (exact) mass is 1080 g/mol. The molecule has 414 valence electrons. The third kappa shape index (κ3) is 12.8. The third-order valence-electron chi connectivity index (χ3n) is 12.6. The Morgan fingerprint density at radius 2 is 1.06 bits per heavy atom. The van der Waals surface area contributed by atoms with Crippen LogP contribution >= 0.6 is 0 Å².